The largest absolute Gasteiger partial charge is 0.351 e. The third-order valence-corrected chi connectivity index (χ3v) is 5.82. The fourth-order valence-electron chi connectivity index (χ4n) is 3.07. The minimum atomic E-state index is -0.904. The third-order valence-electron chi connectivity index (χ3n) is 4.63. The van der Waals surface area contributed by atoms with Crippen molar-refractivity contribution in [3.8, 4) is 5.69 Å². The Balaban J connectivity index is 1.61. The van der Waals surface area contributed by atoms with Crippen LogP contribution in [-0.2, 0) is 11.3 Å². The molecule has 32 heavy (non-hydrogen) atoms. The molecule has 0 saturated carbocycles. The highest BCUT2D eigenvalue weighted by Gasteiger charge is 2.17. The van der Waals surface area contributed by atoms with Crippen LogP contribution in [-0.4, -0.2) is 21.2 Å². The molecular formula is C23H16ClF2N3O2S. The topological polar surface area (TPSA) is 64.0 Å². The Morgan fingerprint density at radius 1 is 1.06 bits per heavy atom. The molecule has 0 bridgehead atoms. The van der Waals surface area contributed by atoms with E-state index in [1.165, 1.54) is 6.07 Å². The van der Waals surface area contributed by atoms with Crippen molar-refractivity contribution in [3.05, 3.63) is 99.3 Å². The minimum Gasteiger partial charge on any atom is -0.351 e. The van der Waals surface area contributed by atoms with Crippen LogP contribution >= 0.6 is 23.4 Å². The number of nitrogens with one attached hydrogen (secondary N) is 1. The minimum absolute atomic E-state index is 0.0544. The fourth-order valence-corrected chi connectivity index (χ4v) is 4.03. The molecule has 0 unspecified atom stereocenters. The van der Waals surface area contributed by atoms with Gasteiger partial charge in [-0.3, -0.25) is 14.2 Å². The van der Waals surface area contributed by atoms with Gasteiger partial charge < -0.3 is 5.32 Å². The van der Waals surface area contributed by atoms with E-state index >= 15 is 0 Å². The molecule has 0 aliphatic rings. The molecule has 4 aromatic rings. The highest BCUT2D eigenvalue weighted by atomic mass is 35.5. The van der Waals surface area contributed by atoms with Crippen molar-refractivity contribution in [1.29, 1.82) is 0 Å². The number of carbonyl (C=O) groups is 1. The number of aromatic nitrogens is 2. The van der Waals surface area contributed by atoms with E-state index in [-0.39, 0.29) is 27.9 Å². The summed E-state index contributed by atoms with van der Waals surface area (Å²) in [6.07, 6.45) is 0. The molecule has 1 aromatic heterocycles. The highest BCUT2D eigenvalue weighted by molar-refractivity contribution is 7.99. The molecule has 0 fully saturated rings. The van der Waals surface area contributed by atoms with Gasteiger partial charge in [0.2, 0.25) is 5.91 Å². The van der Waals surface area contributed by atoms with E-state index in [1.54, 1.807) is 48.5 Å². The lowest BCUT2D eigenvalue weighted by Gasteiger charge is -2.14. The van der Waals surface area contributed by atoms with Crippen LogP contribution in [0.5, 0.6) is 0 Å². The Bertz CT molecular complexity index is 1360. The lowest BCUT2D eigenvalue weighted by Crippen LogP contribution is -2.26. The Kier molecular flexibility index (Phi) is 6.53. The van der Waals surface area contributed by atoms with Gasteiger partial charge in [0.25, 0.3) is 5.56 Å². The molecule has 0 spiro atoms. The number of fused-ring (bicyclic) bond motifs is 1. The summed E-state index contributed by atoms with van der Waals surface area (Å²) >= 11 is 6.85. The normalized spacial score (nSPS) is 11.0. The second-order valence-electron chi connectivity index (χ2n) is 6.84. The standard InChI is InChI=1S/C23H16ClF2N3O2S/c24-15-7-5-14(6-8-15)12-27-21(30)13-32-23-28-19-4-2-1-3-17(19)22(31)29(23)20-10-9-16(25)11-18(20)26/h1-11H,12-13H2,(H,27,30). The quantitative estimate of drug-likeness (QED) is 0.326. The average molecular weight is 472 g/mol. The number of nitrogens with zero attached hydrogens (tertiary/aromatic N) is 2. The molecule has 3 aromatic carbocycles. The smallest absolute Gasteiger partial charge is 0.266 e. The molecule has 1 amide bonds. The Morgan fingerprint density at radius 2 is 1.81 bits per heavy atom. The van der Waals surface area contributed by atoms with Crippen molar-refractivity contribution in [2.75, 3.05) is 5.75 Å². The van der Waals surface area contributed by atoms with Gasteiger partial charge in [0, 0.05) is 17.6 Å². The second-order valence-corrected chi connectivity index (χ2v) is 8.22. The van der Waals surface area contributed by atoms with Gasteiger partial charge in [0.1, 0.15) is 11.6 Å². The number of hydrogen-bond donors (Lipinski definition) is 1. The van der Waals surface area contributed by atoms with Crippen LogP contribution in [0.15, 0.2) is 76.7 Å². The van der Waals surface area contributed by atoms with Gasteiger partial charge in [-0.05, 0) is 42.0 Å². The number of rotatable bonds is 6. The molecule has 0 radical (unpaired) electrons. The van der Waals surface area contributed by atoms with Crippen LogP contribution in [0.25, 0.3) is 16.6 Å². The van der Waals surface area contributed by atoms with Gasteiger partial charge in [0.15, 0.2) is 5.16 Å². The Hall–Kier alpha value is -3.23. The molecule has 1 heterocycles. The number of halogens is 3. The van der Waals surface area contributed by atoms with Gasteiger partial charge in [-0.25, -0.2) is 13.8 Å². The maximum atomic E-state index is 14.5. The van der Waals surface area contributed by atoms with E-state index in [0.717, 1.165) is 28.0 Å². The zero-order chi connectivity index (χ0) is 22.7. The highest BCUT2D eigenvalue weighted by Crippen LogP contribution is 2.23. The summed E-state index contributed by atoms with van der Waals surface area (Å²) in [4.78, 5) is 29.9. The van der Waals surface area contributed by atoms with Crippen molar-refractivity contribution in [2.24, 2.45) is 0 Å². The summed E-state index contributed by atoms with van der Waals surface area (Å²) in [7, 11) is 0. The number of amides is 1. The molecule has 1 N–H and O–H groups in total. The van der Waals surface area contributed by atoms with Crippen molar-refractivity contribution < 1.29 is 13.6 Å². The first-order valence-electron chi connectivity index (χ1n) is 9.53. The van der Waals surface area contributed by atoms with Crippen molar-refractivity contribution in [1.82, 2.24) is 14.9 Å². The van der Waals surface area contributed by atoms with Crippen LogP contribution in [0.3, 0.4) is 0 Å². The van der Waals surface area contributed by atoms with Crippen LogP contribution < -0.4 is 10.9 Å². The van der Waals surface area contributed by atoms with E-state index in [1.807, 2.05) is 0 Å². The number of thioether (sulfide) groups is 1. The van der Waals surface area contributed by atoms with E-state index in [9.17, 15) is 18.4 Å². The van der Waals surface area contributed by atoms with E-state index in [4.69, 9.17) is 11.6 Å². The van der Waals surface area contributed by atoms with E-state index in [2.05, 4.69) is 10.3 Å². The third kappa shape index (κ3) is 4.81. The van der Waals surface area contributed by atoms with Gasteiger partial charge >= 0.3 is 0 Å². The molecule has 0 aliphatic heterocycles. The maximum Gasteiger partial charge on any atom is 0.266 e. The molecule has 4 rings (SSSR count). The summed E-state index contributed by atoms with van der Waals surface area (Å²) in [5.74, 6) is -2.01. The fraction of sp³-hybridized carbons (Fsp3) is 0.0870. The lowest BCUT2D eigenvalue weighted by molar-refractivity contribution is -0.118. The molecule has 162 valence electrons. The van der Waals surface area contributed by atoms with Gasteiger partial charge in [-0.1, -0.05) is 47.6 Å². The zero-order valence-electron chi connectivity index (χ0n) is 16.5. The predicted octanol–water partition coefficient (Wildman–Crippen LogP) is 4.73. The first-order valence-corrected chi connectivity index (χ1v) is 10.9. The number of para-hydroxylation sites is 1. The summed E-state index contributed by atoms with van der Waals surface area (Å²) in [6.45, 7) is 0.307. The average Bonchev–Trinajstić information content (AvgIpc) is 2.78. The molecule has 5 nitrogen and oxygen atoms in total. The first kappa shape index (κ1) is 22.0. The summed E-state index contributed by atoms with van der Waals surface area (Å²) in [5.41, 5.74) is 0.645. The monoisotopic (exact) mass is 471 g/mol. The molecule has 9 heteroatoms. The van der Waals surface area contributed by atoms with Crippen molar-refractivity contribution >= 4 is 40.2 Å². The maximum absolute atomic E-state index is 14.5. The number of carbonyl (C=O) groups excluding carboxylic acids is 1. The van der Waals surface area contributed by atoms with Crippen molar-refractivity contribution in [3.63, 3.8) is 0 Å². The number of benzene rings is 3. The van der Waals surface area contributed by atoms with Gasteiger partial charge in [-0.2, -0.15) is 0 Å². The van der Waals surface area contributed by atoms with E-state index < -0.39 is 17.2 Å². The molecule has 0 atom stereocenters. The predicted molar refractivity (Wildman–Crippen MR) is 121 cm³/mol. The zero-order valence-corrected chi connectivity index (χ0v) is 18.1. The SMILES string of the molecule is O=C(CSc1nc2ccccc2c(=O)n1-c1ccc(F)cc1F)NCc1ccc(Cl)cc1. The van der Waals surface area contributed by atoms with Gasteiger partial charge in [0.05, 0.1) is 22.3 Å². The lowest BCUT2D eigenvalue weighted by atomic mass is 10.2. The summed E-state index contributed by atoms with van der Waals surface area (Å²) in [6, 6.07) is 16.6. The van der Waals surface area contributed by atoms with Crippen molar-refractivity contribution in [2.45, 2.75) is 11.7 Å². The second kappa shape index (κ2) is 9.50. The molecular weight excluding hydrogens is 456 g/mol. The molecule has 0 aliphatic carbocycles. The first-order chi connectivity index (χ1) is 15.4. The summed E-state index contributed by atoms with van der Waals surface area (Å²) < 4.78 is 29.0. The van der Waals surface area contributed by atoms with Crippen LogP contribution in [0, 0.1) is 11.6 Å². The van der Waals surface area contributed by atoms with Crippen LogP contribution in [0.4, 0.5) is 8.78 Å². The Labute approximate surface area is 191 Å². The number of hydrogen-bond acceptors (Lipinski definition) is 4. The Morgan fingerprint density at radius 3 is 2.56 bits per heavy atom. The molecule has 0 saturated heterocycles. The van der Waals surface area contributed by atoms with Crippen LogP contribution in [0.1, 0.15) is 5.56 Å². The van der Waals surface area contributed by atoms with E-state index in [0.29, 0.717) is 23.2 Å². The van der Waals surface area contributed by atoms with Gasteiger partial charge in [-0.15, -0.1) is 0 Å². The summed E-state index contributed by atoms with van der Waals surface area (Å²) in [5, 5.41) is 3.79. The van der Waals surface area contributed by atoms with Crippen LogP contribution in [0.2, 0.25) is 5.02 Å².